The Morgan fingerprint density at radius 1 is 1.27 bits per heavy atom. The van der Waals surface area contributed by atoms with Crippen molar-refractivity contribution in [3.8, 4) is 0 Å². The van der Waals surface area contributed by atoms with Crippen LogP contribution in [0.4, 0.5) is 5.69 Å². The third kappa shape index (κ3) is 2.56. The average molecular weight is 206 g/mol. The Balaban J connectivity index is 2.87. The fourth-order valence-electron chi connectivity index (χ4n) is 1.24. The molecule has 4 heteroatoms. The third-order valence-electron chi connectivity index (χ3n) is 2.25. The van der Waals surface area contributed by atoms with Crippen molar-refractivity contribution in [3.05, 3.63) is 29.8 Å². The lowest BCUT2D eigenvalue weighted by Crippen LogP contribution is -2.37. The minimum absolute atomic E-state index is 0.663. The summed E-state index contributed by atoms with van der Waals surface area (Å²) in [4.78, 5) is 23.2. The summed E-state index contributed by atoms with van der Waals surface area (Å²) in [6.45, 7) is 2.05. The molecule has 0 fully saturated rings. The van der Waals surface area contributed by atoms with Crippen LogP contribution in [0.3, 0.4) is 0 Å². The van der Waals surface area contributed by atoms with Crippen LogP contribution in [0.5, 0.6) is 0 Å². The SMILES string of the molecule is CCc1ccc(N(C)C(=O)C(N)=O)cc1. The van der Waals surface area contributed by atoms with Gasteiger partial charge in [-0.1, -0.05) is 19.1 Å². The molecule has 1 aromatic carbocycles. The fraction of sp³-hybridized carbons (Fsp3) is 0.273. The zero-order valence-corrected chi connectivity index (χ0v) is 8.86. The summed E-state index contributed by atoms with van der Waals surface area (Å²) < 4.78 is 0. The van der Waals surface area contributed by atoms with Crippen molar-refractivity contribution in [2.24, 2.45) is 5.73 Å². The molecule has 1 rings (SSSR count). The van der Waals surface area contributed by atoms with Gasteiger partial charge in [0.1, 0.15) is 0 Å². The molecule has 0 saturated heterocycles. The number of aryl methyl sites for hydroxylation is 1. The highest BCUT2D eigenvalue weighted by atomic mass is 16.2. The lowest BCUT2D eigenvalue weighted by molar-refractivity contribution is -0.135. The largest absolute Gasteiger partial charge is 0.361 e. The molecule has 0 aliphatic carbocycles. The second-order valence-corrected chi connectivity index (χ2v) is 3.25. The van der Waals surface area contributed by atoms with Crippen molar-refractivity contribution in [3.63, 3.8) is 0 Å². The molecule has 0 aromatic heterocycles. The standard InChI is InChI=1S/C11H14N2O2/c1-3-8-4-6-9(7-5-8)13(2)11(15)10(12)14/h4-7H,3H2,1-2H3,(H2,12,14). The minimum atomic E-state index is -0.947. The molecule has 0 radical (unpaired) electrons. The molecule has 0 saturated carbocycles. The van der Waals surface area contributed by atoms with E-state index < -0.39 is 11.8 Å². The first-order valence-corrected chi connectivity index (χ1v) is 4.72. The maximum absolute atomic E-state index is 11.2. The van der Waals surface area contributed by atoms with Gasteiger partial charge in [-0.25, -0.2) is 0 Å². The fourth-order valence-corrected chi connectivity index (χ4v) is 1.24. The van der Waals surface area contributed by atoms with Crippen LogP contribution < -0.4 is 10.6 Å². The molecular weight excluding hydrogens is 192 g/mol. The molecule has 1 aromatic rings. The number of anilines is 1. The second kappa shape index (κ2) is 4.59. The first kappa shape index (κ1) is 11.2. The molecule has 0 aliphatic rings. The van der Waals surface area contributed by atoms with E-state index in [1.807, 2.05) is 19.1 Å². The number of carbonyl (C=O) groups is 2. The van der Waals surface area contributed by atoms with Crippen molar-refractivity contribution in [2.45, 2.75) is 13.3 Å². The lowest BCUT2D eigenvalue weighted by Gasteiger charge is -2.15. The number of hydrogen-bond donors (Lipinski definition) is 1. The molecule has 0 unspecified atom stereocenters. The summed E-state index contributed by atoms with van der Waals surface area (Å²) >= 11 is 0. The van der Waals surface area contributed by atoms with E-state index in [4.69, 9.17) is 5.73 Å². The summed E-state index contributed by atoms with van der Waals surface area (Å²) in [5, 5.41) is 0. The highest BCUT2D eigenvalue weighted by molar-refractivity contribution is 6.39. The van der Waals surface area contributed by atoms with Crippen LogP contribution in [-0.4, -0.2) is 18.9 Å². The maximum atomic E-state index is 11.2. The van der Waals surface area contributed by atoms with Crippen LogP contribution in [0.1, 0.15) is 12.5 Å². The van der Waals surface area contributed by atoms with E-state index in [0.29, 0.717) is 5.69 Å². The topological polar surface area (TPSA) is 63.4 Å². The van der Waals surface area contributed by atoms with Crippen LogP contribution in [0.2, 0.25) is 0 Å². The van der Waals surface area contributed by atoms with Crippen molar-refractivity contribution in [1.82, 2.24) is 0 Å². The summed E-state index contributed by atoms with van der Waals surface area (Å²) in [5.41, 5.74) is 6.74. The first-order chi connectivity index (χ1) is 7.06. The lowest BCUT2D eigenvalue weighted by atomic mass is 10.1. The number of hydrogen-bond acceptors (Lipinski definition) is 2. The summed E-state index contributed by atoms with van der Waals surface area (Å²) in [5.74, 6) is -1.66. The number of likely N-dealkylation sites (N-methyl/N-ethyl adjacent to an activating group) is 1. The number of nitrogens with two attached hydrogens (primary N) is 1. The zero-order valence-electron chi connectivity index (χ0n) is 8.86. The van der Waals surface area contributed by atoms with Gasteiger partial charge in [0.05, 0.1) is 0 Å². The Kier molecular flexibility index (Phi) is 3.44. The molecule has 80 valence electrons. The van der Waals surface area contributed by atoms with E-state index >= 15 is 0 Å². The second-order valence-electron chi connectivity index (χ2n) is 3.25. The average Bonchev–Trinajstić information content (AvgIpc) is 2.27. The van der Waals surface area contributed by atoms with Gasteiger partial charge >= 0.3 is 11.8 Å². The van der Waals surface area contributed by atoms with Gasteiger partial charge in [-0.15, -0.1) is 0 Å². The maximum Gasteiger partial charge on any atom is 0.315 e. The van der Waals surface area contributed by atoms with Crippen LogP contribution >= 0.6 is 0 Å². The molecule has 0 atom stereocenters. The monoisotopic (exact) mass is 206 g/mol. The summed E-state index contributed by atoms with van der Waals surface area (Å²) in [6.07, 6.45) is 0.938. The summed E-state index contributed by atoms with van der Waals surface area (Å²) in [7, 11) is 1.52. The normalized spacial score (nSPS) is 9.73. The van der Waals surface area contributed by atoms with Crippen molar-refractivity contribution >= 4 is 17.5 Å². The molecule has 4 nitrogen and oxygen atoms in total. The molecule has 15 heavy (non-hydrogen) atoms. The highest BCUT2D eigenvalue weighted by Gasteiger charge is 2.15. The molecule has 2 N–H and O–H groups in total. The quantitative estimate of drug-likeness (QED) is 0.724. The van der Waals surface area contributed by atoms with Crippen molar-refractivity contribution < 1.29 is 9.59 Å². The molecule has 0 bridgehead atoms. The van der Waals surface area contributed by atoms with Crippen molar-refractivity contribution in [2.75, 3.05) is 11.9 Å². The predicted octanol–water partition coefficient (Wildman–Crippen LogP) is 0.697. The van der Waals surface area contributed by atoms with Crippen LogP contribution in [-0.2, 0) is 16.0 Å². The Morgan fingerprint density at radius 3 is 2.20 bits per heavy atom. The van der Waals surface area contributed by atoms with Gasteiger partial charge in [-0.2, -0.15) is 0 Å². The first-order valence-electron chi connectivity index (χ1n) is 4.72. The number of carbonyl (C=O) groups excluding carboxylic acids is 2. The third-order valence-corrected chi connectivity index (χ3v) is 2.25. The van der Waals surface area contributed by atoms with Gasteiger partial charge in [0.2, 0.25) is 0 Å². The Hall–Kier alpha value is -1.84. The van der Waals surface area contributed by atoms with E-state index in [0.717, 1.165) is 6.42 Å². The van der Waals surface area contributed by atoms with Crippen LogP contribution in [0.15, 0.2) is 24.3 Å². The number of nitrogens with zero attached hydrogens (tertiary/aromatic N) is 1. The van der Waals surface area contributed by atoms with E-state index in [2.05, 4.69) is 0 Å². The summed E-state index contributed by atoms with van der Waals surface area (Å²) in [6, 6.07) is 7.42. The number of primary amides is 1. The van der Waals surface area contributed by atoms with Gasteiger partial charge in [0, 0.05) is 12.7 Å². The van der Waals surface area contributed by atoms with Gasteiger partial charge < -0.3 is 10.6 Å². The molecule has 0 spiro atoms. The number of amides is 2. The van der Waals surface area contributed by atoms with E-state index in [9.17, 15) is 9.59 Å². The smallest absolute Gasteiger partial charge is 0.315 e. The highest BCUT2D eigenvalue weighted by Crippen LogP contribution is 2.14. The number of rotatable bonds is 2. The van der Waals surface area contributed by atoms with E-state index in [1.54, 1.807) is 12.1 Å². The minimum Gasteiger partial charge on any atom is -0.361 e. The zero-order chi connectivity index (χ0) is 11.4. The molecule has 2 amide bonds. The van der Waals surface area contributed by atoms with Gasteiger partial charge in [-0.05, 0) is 24.1 Å². The molecule has 0 aliphatic heterocycles. The predicted molar refractivity (Wildman–Crippen MR) is 58.4 cm³/mol. The Bertz CT molecular complexity index is 371. The van der Waals surface area contributed by atoms with Crippen LogP contribution in [0, 0.1) is 0 Å². The number of benzene rings is 1. The van der Waals surface area contributed by atoms with E-state index in [-0.39, 0.29) is 0 Å². The van der Waals surface area contributed by atoms with Gasteiger partial charge in [0.15, 0.2) is 0 Å². The van der Waals surface area contributed by atoms with E-state index in [1.165, 1.54) is 17.5 Å². The van der Waals surface area contributed by atoms with Gasteiger partial charge in [0.25, 0.3) is 0 Å². The molecule has 0 heterocycles. The van der Waals surface area contributed by atoms with Crippen molar-refractivity contribution in [1.29, 1.82) is 0 Å². The Morgan fingerprint density at radius 2 is 1.80 bits per heavy atom. The van der Waals surface area contributed by atoms with Crippen LogP contribution in [0.25, 0.3) is 0 Å². The Labute approximate surface area is 88.7 Å². The van der Waals surface area contributed by atoms with Gasteiger partial charge in [-0.3, -0.25) is 9.59 Å². The molecular formula is C11H14N2O2.